The van der Waals surface area contributed by atoms with Crippen LogP contribution in [0, 0.1) is 0 Å². The molecule has 0 amide bonds. The second-order valence-corrected chi connectivity index (χ2v) is 7.54. The Hall–Kier alpha value is -2.05. The Morgan fingerprint density at radius 1 is 1.04 bits per heavy atom. The van der Waals surface area contributed by atoms with Crippen LogP contribution in [0.2, 0.25) is 0 Å². The molecule has 5 nitrogen and oxygen atoms in total. The van der Waals surface area contributed by atoms with Gasteiger partial charge in [0.1, 0.15) is 5.75 Å². The number of hydrogen-bond acceptors (Lipinski definition) is 4. The van der Waals surface area contributed by atoms with Crippen molar-refractivity contribution in [1.82, 2.24) is 0 Å². The highest BCUT2D eigenvalue weighted by Gasteiger charge is 2.07. The number of nitrogens with one attached hydrogen (secondary N) is 1. The Balaban J connectivity index is 1.83. The van der Waals surface area contributed by atoms with Crippen LogP contribution in [0.15, 0.2) is 53.4 Å². The molecule has 136 valence electrons. The van der Waals surface area contributed by atoms with Crippen molar-refractivity contribution in [2.45, 2.75) is 44.0 Å². The molecule has 0 aliphatic carbocycles. The van der Waals surface area contributed by atoms with Crippen LogP contribution in [-0.2, 0) is 16.6 Å². The van der Waals surface area contributed by atoms with Crippen LogP contribution in [0.25, 0.3) is 0 Å². The van der Waals surface area contributed by atoms with Gasteiger partial charge in [0.05, 0.1) is 11.5 Å². The summed E-state index contributed by atoms with van der Waals surface area (Å²) in [6, 6.07) is 14.4. The number of rotatable bonds is 10. The maximum atomic E-state index is 11.4. The molecule has 0 aliphatic heterocycles. The summed E-state index contributed by atoms with van der Waals surface area (Å²) in [6.45, 7) is 3.53. The number of nitrogens with two attached hydrogens (primary N) is 1. The zero-order valence-corrected chi connectivity index (χ0v) is 15.4. The van der Waals surface area contributed by atoms with Gasteiger partial charge in [0.15, 0.2) is 0 Å². The lowest BCUT2D eigenvalue weighted by molar-refractivity contribution is 0.305. The highest BCUT2D eigenvalue weighted by atomic mass is 32.2. The smallest absolute Gasteiger partial charge is 0.238 e. The summed E-state index contributed by atoms with van der Waals surface area (Å²) in [7, 11) is -3.69. The van der Waals surface area contributed by atoms with Crippen LogP contribution in [0.1, 0.15) is 38.2 Å². The first kappa shape index (κ1) is 19.3. The molecule has 6 heteroatoms. The Morgan fingerprint density at radius 2 is 1.80 bits per heavy atom. The Labute approximate surface area is 150 Å². The molecule has 0 saturated carbocycles. The molecule has 0 radical (unpaired) electrons. The molecule has 2 rings (SSSR count). The summed E-state index contributed by atoms with van der Waals surface area (Å²) in [5.41, 5.74) is 1.79. The van der Waals surface area contributed by atoms with E-state index in [-0.39, 0.29) is 4.90 Å². The SMILES string of the molecule is CCCCCCOc1ccc(CNc2cccc(S(N)(=O)=O)c2)cc1. The van der Waals surface area contributed by atoms with Gasteiger partial charge in [-0.3, -0.25) is 0 Å². The summed E-state index contributed by atoms with van der Waals surface area (Å²) < 4.78 is 28.5. The highest BCUT2D eigenvalue weighted by Crippen LogP contribution is 2.17. The van der Waals surface area contributed by atoms with E-state index in [4.69, 9.17) is 9.88 Å². The number of unbranched alkanes of at least 4 members (excludes halogenated alkanes) is 3. The molecule has 2 aromatic carbocycles. The van der Waals surface area contributed by atoms with Crippen LogP contribution >= 0.6 is 0 Å². The van der Waals surface area contributed by atoms with E-state index in [1.54, 1.807) is 6.07 Å². The summed E-state index contributed by atoms with van der Waals surface area (Å²) in [4.78, 5) is 0.101. The molecule has 3 N–H and O–H groups in total. The van der Waals surface area contributed by atoms with Crippen LogP contribution in [0.5, 0.6) is 5.75 Å². The summed E-state index contributed by atoms with van der Waals surface area (Å²) in [5, 5.41) is 8.35. The minimum Gasteiger partial charge on any atom is -0.494 e. The third-order valence-electron chi connectivity index (χ3n) is 3.85. The Bertz CT molecular complexity index is 758. The van der Waals surface area contributed by atoms with Crippen molar-refractivity contribution >= 4 is 15.7 Å². The van der Waals surface area contributed by atoms with E-state index in [1.165, 1.54) is 31.4 Å². The zero-order valence-electron chi connectivity index (χ0n) is 14.6. The van der Waals surface area contributed by atoms with Crippen LogP contribution in [0.4, 0.5) is 5.69 Å². The molecule has 0 heterocycles. The third kappa shape index (κ3) is 6.76. The standard InChI is InChI=1S/C19H26N2O3S/c1-2-3-4-5-13-24-18-11-9-16(10-12-18)15-21-17-7-6-8-19(14-17)25(20,22)23/h6-12,14,21H,2-5,13,15H2,1H3,(H2,20,22,23). The lowest BCUT2D eigenvalue weighted by atomic mass is 10.2. The first-order valence-electron chi connectivity index (χ1n) is 8.57. The average Bonchev–Trinajstić information content (AvgIpc) is 2.60. The molecule has 0 bridgehead atoms. The molecular weight excluding hydrogens is 336 g/mol. The topological polar surface area (TPSA) is 81.4 Å². The Kier molecular flexibility index (Phi) is 7.28. The monoisotopic (exact) mass is 362 g/mol. The van der Waals surface area contributed by atoms with E-state index in [9.17, 15) is 8.42 Å². The van der Waals surface area contributed by atoms with Gasteiger partial charge < -0.3 is 10.1 Å². The number of benzene rings is 2. The number of hydrogen-bond donors (Lipinski definition) is 2. The molecular formula is C19H26N2O3S. The van der Waals surface area contributed by atoms with E-state index in [0.717, 1.165) is 24.3 Å². The van der Waals surface area contributed by atoms with Crippen LogP contribution < -0.4 is 15.2 Å². The van der Waals surface area contributed by atoms with Crippen molar-refractivity contribution in [1.29, 1.82) is 0 Å². The van der Waals surface area contributed by atoms with Gasteiger partial charge in [-0.15, -0.1) is 0 Å². The van der Waals surface area contributed by atoms with Gasteiger partial charge in [0, 0.05) is 12.2 Å². The fourth-order valence-corrected chi connectivity index (χ4v) is 2.97. The number of ether oxygens (including phenoxy) is 1. The molecule has 2 aromatic rings. The van der Waals surface area contributed by atoms with Gasteiger partial charge in [0.2, 0.25) is 10.0 Å². The van der Waals surface area contributed by atoms with Crippen molar-refractivity contribution in [3.8, 4) is 5.75 Å². The first-order chi connectivity index (χ1) is 12.0. The summed E-state index contributed by atoms with van der Waals surface area (Å²) in [5.74, 6) is 0.872. The van der Waals surface area contributed by atoms with E-state index in [2.05, 4.69) is 12.2 Å². The zero-order chi connectivity index (χ0) is 18.1. The van der Waals surface area contributed by atoms with Gasteiger partial charge in [-0.25, -0.2) is 13.6 Å². The van der Waals surface area contributed by atoms with Crippen molar-refractivity contribution in [3.63, 3.8) is 0 Å². The van der Waals surface area contributed by atoms with Gasteiger partial charge in [-0.05, 0) is 42.3 Å². The normalized spacial score (nSPS) is 11.3. The van der Waals surface area contributed by atoms with E-state index < -0.39 is 10.0 Å². The molecule has 0 saturated heterocycles. The lowest BCUT2D eigenvalue weighted by Gasteiger charge is -2.09. The predicted molar refractivity (Wildman–Crippen MR) is 101 cm³/mol. The maximum Gasteiger partial charge on any atom is 0.238 e. The van der Waals surface area contributed by atoms with Crippen molar-refractivity contribution in [2.75, 3.05) is 11.9 Å². The van der Waals surface area contributed by atoms with Crippen molar-refractivity contribution < 1.29 is 13.2 Å². The van der Waals surface area contributed by atoms with Crippen LogP contribution in [0.3, 0.4) is 0 Å². The molecule has 0 atom stereocenters. The second kappa shape index (κ2) is 9.44. The fraction of sp³-hybridized carbons (Fsp3) is 0.368. The molecule has 0 fully saturated rings. The molecule has 0 aliphatic rings. The molecule has 25 heavy (non-hydrogen) atoms. The van der Waals surface area contributed by atoms with Gasteiger partial charge in [-0.2, -0.15) is 0 Å². The van der Waals surface area contributed by atoms with E-state index in [0.29, 0.717) is 12.2 Å². The predicted octanol–water partition coefficient (Wildman–Crippen LogP) is 3.91. The maximum absolute atomic E-state index is 11.4. The minimum atomic E-state index is -3.69. The largest absolute Gasteiger partial charge is 0.494 e. The first-order valence-corrected chi connectivity index (χ1v) is 10.1. The van der Waals surface area contributed by atoms with Crippen molar-refractivity contribution in [2.24, 2.45) is 5.14 Å². The molecule has 0 unspecified atom stereocenters. The Morgan fingerprint density at radius 3 is 2.48 bits per heavy atom. The number of primary sulfonamides is 1. The van der Waals surface area contributed by atoms with Gasteiger partial charge >= 0.3 is 0 Å². The van der Waals surface area contributed by atoms with Crippen LogP contribution in [-0.4, -0.2) is 15.0 Å². The summed E-state index contributed by atoms with van der Waals surface area (Å²) in [6.07, 6.45) is 4.76. The van der Waals surface area contributed by atoms with Gasteiger partial charge in [-0.1, -0.05) is 44.4 Å². The van der Waals surface area contributed by atoms with Gasteiger partial charge in [0.25, 0.3) is 0 Å². The van der Waals surface area contributed by atoms with Crippen molar-refractivity contribution in [3.05, 3.63) is 54.1 Å². The number of anilines is 1. The molecule has 0 spiro atoms. The van der Waals surface area contributed by atoms with E-state index in [1.807, 2.05) is 30.3 Å². The fourth-order valence-electron chi connectivity index (χ4n) is 2.41. The quantitative estimate of drug-likeness (QED) is 0.628. The second-order valence-electron chi connectivity index (χ2n) is 5.98. The molecule has 0 aromatic heterocycles. The number of sulfonamides is 1. The summed E-state index contributed by atoms with van der Waals surface area (Å²) >= 11 is 0. The minimum absolute atomic E-state index is 0.101. The highest BCUT2D eigenvalue weighted by molar-refractivity contribution is 7.89. The lowest BCUT2D eigenvalue weighted by Crippen LogP contribution is -2.12. The third-order valence-corrected chi connectivity index (χ3v) is 4.76. The van der Waals surface area contributed by atoms with E-state index >= 15 is 0 Å². The average molecular weight is 362 g/mol.